The molecule has 2 unspecified atom stereocenters. The molecule has 7 nitrogen and oxygen atoms in total. The first-order valence-electron chi connectivity index (χ1n) is 11.4. The number of halogens is 2. The highest BCUT2D eigenvalue weighted by molar-refractivity contribution is 5.97. The molecule has 0 aliphatic carbocycles. The first-order chi connectivity index (χ1) is 17.2. The Kier molecular flexibility index (Phi) is 9.15. The van der Waals surface area contributed by atoms with E-state index < -0.39 is 29.9 Å². The van der Waals surface area contributed by atoms with Crippen LogP contribution < -0.4 is 10.8 Å². The van der Waals surface area contributed by atoms with Gasteiger partial charge in [-0.25, -0.2) is 14.3 Å². The van der Waals surface area contributed by atoms with E-state index in [-0.39, 0.29) is 5.56 Å². The van der Waals surface area contributed by atoms with Crippen LogP contribution in [0.3, 0.4) is 0 Å². The molecule has 2 atom stereocenters. The second-order valence-electron chi connectivity index (χ2n) is 8.67. The number of carbonyl (C=O) groups excluding carboxylic acids is 2. The minimum Gasteiger partial charge on any atom is -0.381 e. The van der Waals surface area contributed by atoms with Crippen LogP contribution in [0.5, 0.6) is 0 Å². The Labute approximate surface area is 208 Å². The van der Waals surface area contributed by atoms with E-state index in [2.05, 4.69) is 40.7 Å². The van der Waals surface area contributed by atoms with Gasteiger partial charge in [-0.15, -0.1) is 0 Å². The molecular weight excluding hydrogens is 468 g/mol. The lowest BCUT2D eigenvalue weighted by Gasteiger charge is -2.30. The van der Waals surface area contributed by atoms with Crippen LogP contribution in [0, 0.1) is 23.7 Å². The first-order valence-corrected chi connectivity index (χ1v) is 11.4. The van der Waals surface area contributed by atoms with Gasteiger partial charge in [0.15, 0.2) is 5.60 Å². The van der Waals surface area contributed by atoms with Crippen LogP contribution in [-0.4, -0.2) is 58.2 Å². The van der Waals surface area contributed by atoms with Crippen molar-refractivity contribution in [2.24, 2.45) is 0 Å². The molecule has 1 heterocycles. The number of alkyl halides is 2. The van der Waals surface area contributed by atoms with Crippen LogP contribution in [0.4, 0.5) is 8.78 Å². The minimum atomic E-state index is -3.35. The van der Waals surface area contributed by atoms with Gasteiger partial charge < -0.3 is 10.4 Å². The fourth-order valence-electron chi connectivity index (χ4n) is 3.69. The van der Waals surface area contributed by atoms with E-state index in [9.17, 15) is 23.5 Å². The summed E-state index contributed by atoms with van der Waals surface area (Å²) in [6, 6.07) is 11.8. The maximum Gasteiger partial charge on any atom is 0.269 e. The Bertz CT molecular complexity index is 1180. The molecule has 2 aromatic rings. The highest BCUT2D eigenvalue weighted by Gasteiger charge is 2.46. The van der Waals surface area contributed by atoms with Gasteiger partial charge in [0.05, 0.1) is 0 Å². The van der Waals surface area contributed by atoms with Crippen molar-refractivity contribution < 1.29 is 28.7 Å². The van der Waals surface area contributed by atoms with Crippen LogP contribution in [0.25, 0.3) is 0 Å². The average molecular weight is 496 g/mol. The monoisotopic (exact) mass is 495 g/mol. The van der Waals surface area contributed by atoms with E-state index in [4.69, 9.17) is 5.21 Å². The highest BCUT2D eigenvalue weighted by atomic mass is 19.3. The zero-order valence-electron chi connectivity index (χ0n) is 19.7. The molecule has 9 heteroatoms. The van der Waals surface area contributed by atoms with Gasteiger partial charge in [-0.2, -0.15) is 0 Å². The Morgan fingerprint density at radius 2 is 1.53 bits per heavy atom. The molecule has 0 radical (unpaired) electrons. The zero-order valence-corrected chi connectivity index (χ0v) is 19.7. The quantitative estimate of drug-likeness (QED) is 0.268. The van der Waals surface area contributed by atoms with Crippen molar-refractivity contribution in [3.05, 3.63) is 70.8 Å². The van der Waals surface area contributed by atoms with Crippen LogP contribution >= 0.6 is 0 Å². The number of nitrogens with zero attached hydrogens (tertiary/aromatic N) is 1. The molecule has 36 heavy (non-hydrogen) atoms. The average Bonchev–Trinajstić information content (AvgIpc) is 3.38. The predicted octanol–water partition coefficient (Wildman–Crippen LogP) is 2.31. The third kappa shape index (κ3) is 7.12. The normalized spacial score (nSPS) is 15.6. The summed E-state index contributed by atoms with van der Waals surface area (Å²) in [5.41, 5.74) is 0.970. The SMILES string of the molecule is CC(O)(C(F)F)C(NC(=O)c1ccc(C#CC#Cc2ccc(CN3CCCC3)cc2)cc1)C(=O)NO. The molecular formula is C27H27F2N3O4. The number of nitrogens with one attached hydrogen (secondary N) is 2. The minimum absolute atomic E-state index is 0.0430. The van der Waals surface area contributed by atoms with Gasteiger partial charge >= 0.3 is 0 Å². The largest absolute Gasteiger partial charge is 0.381 e. The van der Waals surface area contributed by atoms with Gasteiger partial charge in [-0.1, -0.05) is 24.0 Å². The smallest absolute Gasteiger partial charge is 0.269 e. The summed E-state index contributed by atoms with van der Waals surface area (Å²) in [6.07, 6.45) is -0.842. The lowest BCUT2D eigenvalue weighted by Crippen LogP contribution is -2.61. The molecule has 0 spiro atoms. The molecule has 2 amide bonds. The van der Waals surface area contributed by atoms with E-state index in [1.165, 1.54) is 48.2 Å². The second-order valence-corrected chi connectivity index (χ2v) is 8.67. The number of amides is 2. The Balaban J connectivity index is 1.60. The van der Waals surface area contributed by atoms with Crippen molar-refractivity contribution in [3.63, 3.8) is 0 Å². The van der Waals surface area contributed by atoms with Gasteiger partial charge in [-0.05, 0) is 86.7 Å². The molecule has 0 saturated carbocycles. The fraction of sp³-hybridized carbons (Fsp3) is 0.333. The molecule has 1 aliphatic heterocycles. The van der Waals surface area contributed by atoms with Crippen LogP contribution in [0.1, 0.15) is 46.8 Å². The summed E-state index contributed by atoms with van der Waals surface area (Å²) in [7, 11) is 0. The Morgan fingerprint density at radius 3 is 2.03 bits per heavy atom. The first kappa shape index (κ1) is 26.8. The van der Waals surface area contributed by atoms with E-state index >= 15 is 0 Å². The van der Waals surface area contributed by atoms with Crippen molar-refractivity contribution in [3.8, 4) is 23.7 Å². The predicted molar refractivity (Wildman–Crippen MR) is 129 cm³/mol. The maximum absolute atomic E-state index is 13.1. The number of carbonyl (C=O) groups is 2. The van der Waals surface area contributed by atoms with Crippen LogP contribution in [-0.2, 0) is 11.3 Å². The number of aliphatic hydroxyl groups is 1. The molecule has 0 aromatic heterocycles. The van der Waals surface area contributed by atoms with Gasteiger partial charge in [0.1, 0.15) is 6.04 Å². The maximum atomic E-state index is 13.1. The lowest BCUT2D eigenvalue weighted by molar-refractivity contribution is -0.149. The highest BCUT2D eigenvalue weighted by Crippen LogP contribution is 2.20. The standard InChI is InChI=1S/C27H27F2N3O4/c1-27(35,26(28)29)23(25(34)31-36)30-24(33)22-14-12-20(13-15-22)7-3-2-6-19-8-10-21(11-9-19)18-32-16-4-5-17-32/h8-15,23,26,35-36H,4-5,16-18H2,1H3,(H,30,33)(H,31,34). The summed E-state index contributed by atoms with van der Waals surface area (Å²) in [5.74, 6) is 9.09. The van der Waals surface area contributed by atoms with Crippen molar-refractivity contribution in [1.82, 2.24) is 15.7 Å². The lowest BCUT2D eigenvalue weighted by atomic mass is 9.95. The Hall–Kier alpha value is -3.76. The van der Waals surface area contributed by atoms with Gasteiger partial charge in [0.25, 0.3) is 18.2 Å². The molecule has 0 bridgehead atoms. The third-order valence-electron chi connectivity index (χ3n) is 5.86. The van der Waals surface area contributed by atoms with Crippen LogP contribution in [0.2, 0.25) is 0 Å². The van der Waals surface area contributed by atoms with Crippen molar-refractivity contribution in [1.29, 1.82) is 0 Å². The number of rotatable bonds is 7. The summed E-state index contributed by atoms with van der Waals surface area (Å²) in [4.78, 5) is 26.6. The van der Waals surface area contributed by atoms with E-state index in [0.29, 0.717) is 12.5 Å². The molecule has 1 saturated heterocycles. The van der Waals surface area contributed by atoms with Crippen LogP contribution in [0.15, 0.2) is 48.5 Å². The number of likely N-dealkylation sites (tertiary alicyclic amines) is 1. The number of hydrogen-bond donors (Lipinski definition) is 4. The molecule has 2 aromatic carbocycles. The van der Waals surface area contributed by atoms with Gasteiger partial charge in [0.2, 0.25) is 0 Å². The summed E-state index contributed by atoms with van der Waals surface area (Å²) in [6.45, 7) is 3.92. The molecule has 1 fully saturated rings. The summed E-state index contributed by atoms with van der Waals surface area (Å²) >= 11 is 0. The summed E-state index contributed by atoms with van der Waals surface area (Å²) < 4.78 is 26.2. The second kappa shape index (κ2) is 12.3. The zero-order chi connectivity index (χ0) is 26.1. The Morgan fingerprint density at radius 1 is 1.00 bits per heavy atom. The van der Waals surface area contributed by atoms with Gasteiger partial charge in [-0.3, -0.25) is 19.7 Å². The summed E-state index contributed by atoms with van der Waals surface area (Å²) in [5, 5.41) is 20.7. The number of hydroxylamine groups is 1. The van der Waals surface area contributed by atoms with Gasteiger partial charge in [0, 0.05) is 23.2 Å². The topological polar surface area (TPSA) is 102 Å². The fourth-order valence-corrected chi connectivity index (χ4v) is 3.69. The van der Waals surface area contributed by atoms with Crippen molar-refractivity contribution in [2.45, 2.75) is 44.4 Å². The number of hydrogen-bond acceptors (Lipinski definition) is 5. The third-order valence-corrected chi connectivity index (χ3v) is 5.86. The van der Waals surface area contributed by atoms with E-state index in [1.807, 2.05) is 17.4 Å². The molecule has 188 valence electrons. The molecule has 3 rings (SSSR count). The molecule has 1 aliphatic rings. The van der Waals surface area contributed by atoms with Crippen molar-refractivity contribution in [2.75, 3.05) is 13.1 Å². The number of benzene rings is 2. The van der Waals surface area contributed by atoms with E-state index in [0.717, 1.165) is 25.2 Å². The molecule has 4 N–H and O–H groups in total. The van der Waals surface area contributed by atoms with Crippen molar-refractivity contribution >= 4 is 11.8 Å². The van der Waals surface area contributed by atoms with E-state index in [1.54, 1.807) is 0 Å².